The lowest BCUT2D eigenvalue weighted by Crippen LogP contribution is -2.34. The summed E-state index contributed by atoms with van der Waals surface area (Å²) in [5.41, 5.74) is 5.87. The van der Waals surface area contributed by atoms with Crippen LogP contribution in [0.4, 0.5) is 5.69 Å². The van der Waals surface area contributed by atoms with Crippen LogP contribution in [0.25, 0.3) is 0 Å². The molecule has 1 aromatic carbocycles. The zero-order valence-electron chi connectivity index (χ0n) is 9.24. The molecule has 0 aliphatic carbocycles. The van der Waals surface area contributed by atoms with Crippen LogP contribution >= 0.6 is 11.6 Å². The Bertz CT molecular complexity index is 448. The summed E-state index contributed by atoms with van der Waals surface area (Å²) in [6.07, 6.45) is 0.498. The van der Waals surface area contributed by atoms with E-state index >= 15 is 0 Å². The lowest BCUT2D eigenvalue weighted by Gasteiger charge is -2.10. The number of carbonyl (C=O) groups is 2. The minimum Gasteiger partial charge on any atom is -0.478 e. The number of rotatable bonds is 4. The first-order valence-corrected chi connectivity index (χ1v) is 5.42. The van der Waals surface area contributed by atoms with Crippen molar-refractivity contribution in [2.24, 2.45) is 5.73 Å². The summed E-state index contributed by atoms with van der Waals surface area (Å²) in [6, 6.07) is 3.48. The molecule has 0 bridgehead atoms. The number of anilines is 1. The summed E-state index contributed by atoms with van der Waals surface area (Å²) in [6.45, 7) is 1.78. The number of carboxylic acid groups (broad SMARTS) is 1. The Labute approximate surface area is 104 Å². The van der Waals surface area contributed by atoms with Gasteiger partial charge in [-0.1, -0.05) is 18.5 Å². The van der Waals surface area contributed by atoms with Crippen molar-refractivity contribution >= 4 is 29.2 Å². The molecule has 5 nitrogen and oxygen atoms in total. The maximum Gasteiger partial charge on any atom is 0.335 e. The summed E-state index contributed by atoms with van der Waals surface area (Å²) < 4.78 is 0. The normalized spacial score (nSPS) is 11.9. The van der Waals surface area contributed by atoms with Crippen LogP contribution in [0.1, 0.15) is 23.7 Å². The summed E-state index contributed by atoms with van der Waals surface area (Å²) in [5, 5.41) is 11.6. The van der Waals surface area contributed by atoms with Gasteiger partial charge < -0.3 is 16.2 Å². The van der Waals surface area contributed by atoms with Crippen LogP contribution in [0.3, 0.4) is 0 Å². The molecule has 0 saturated carbocycles. The van der Waals surface area contributed by atoms with Gasteiger partial charge in [-0.3, -0.25) is 4.79 Å². The predicted molar refractivity (Wildman–Crippen MR) is 65.3 cm³/mol. The molecule has 0 radical (unpaired) electrons. The molecule has 0 fully saturated rings. The molecule has 4 N–H and O–H groups in total. The minimum absolute atomic E-state index is 0.0119. The third kappa shape index (κ3) is 3.72. The molecule has 6 heteroatoms. The second-order valence-corrected chi connectivity index (χ2v) is 3.97. The van der Waals surface area contributed by atoms with E-state index in [0.717, 1.165) is 0 Å². The van der Waals surface area contributed by atoms with E-state index < -0.39 is 12.0 Å². The second kappa shape index (κ2) is 5.65. The highest BCUT2D eigenvalue weighted by Crippen LogP contribution is 2.19. The van der Waals surface area contributed by atoms with Crippen LogP contribution in [-0.4, -0.2) is 23.0 Å². The SMILES string of the molecule is CC[C@@H](N)C(=O)Nc1cc(Cl)cc(C(=O)O)c1. The van der Waals surface area contributed by atoms with Crippen molar-refractivity contribution in [1.82, 2.24) is 0 Å². The Morgan fingerprint density at radius 1 is 1.47 bits per heavy atom. The van der Waals surface area contributed by atoms with Crippen molar-refractivity contribution in [3.05, 3.63) is 28.8 Å². The van der Waals surface area contributed by atoms with E-state index in [2.05, 4.69) is 5.32 Å². The van der Waals surface area contributed by atoms with Crippen LogP contribution in [0.5, 0.6) is 0 Å². The molecule has 1 aromatic rings. The Balaban J connectivity index is 2.92. The average Bonchev–Trinajstić information content (AvgIpc) is 2.26. The van der Waals surface area contributed by atoms with E-state index in [9.17, 15) is 9.59 Å². The molecule has 0 spiro atoms. The number of benzene rings is 1. The fourth-order valence-corrected chi connectivity index (χ4v) is 1.44. The number of hydrogen-bond acceptors (Lipinski definition) is 3. The van der Waals surface area contributed by atoms with Crippen molar-refractivity contribution < 1.29 is 14.7 Å². The fraction of sp³-hybridized carbons (Fsp3) is 0.273. The first-order chi connectivity index (χ1) is 7.93. The molecule has 0 heterocycles. The molecule has 92 valence electrons. The molecule has 17 heavy (non-hydrogen) atoms. The Kier molecular flexibility index (Phi) is 4.48. The molecular formula is C11H13ClN2O3. The predicted octanol–water partition coefficient (Wildman–Crippen LogP) is 1.71. The molecule has 0 saturated heterocycles. The lowest BCUT2D eigenvalue weighted by atomic mass is 10.2. The van der Waals surface area contributed by atoms with Gasteiger partial charge in [0.25, 0.3) is 0 Å². The second-order valence-electron chi connectivity index (χ2n) is 3.54. The molecule has 1 amide bonds. The third-order valence-electron chi connectivity index (χ3n) is 2.19. The zero-order valence-corrected chi connectivity index (χ0v) is 9.99. The highest BCUT2D eigenvalue weighted by Gasteiger charge is 2.13. The minimum atomic E-state index is -1.11. The summed E-state index contributed by atoms with van der Waals surface area (Å²) in [4.78, 5) is 22.3. The van der Waals surface area contributed by atoms with Crippen LogP contribution in [0.15, 0.2) is 18.2 Å². The van der Waals surface area contributed by atoms with Crippen molar-refractivity contribution in [2.45, 2.75) is 19.4 Å². The summed E-state index contributed by atoms with van der Waals surface area (Å²) >= 11 is 5.75. The Morgan fingerprint density at radius 2 is 2.12 bits per heavy atom. The molecule has 1 atom stereocenters. The molecular weight excluding hydrogens is 244 g/mol. The number of amides is 1. The van der Waals surface area contributed by atoms with Crippen LogP contribution in [-0.2, 0) is 4.79 Å². The van der Waals surface area contributed by atoms with Crippen molar-refractivity contribution in [3.8, 4) is 0 Å². The smallest absolute Gasteiger partial charge is 0.335 e. The largest absolute Gasteiger partial charge is 0.478 e. The Morgan fingerprint density at radius 3 is 2.65 bits per heavy atom. The topological polar surface area (TPSA) is 92.4 Å². The van der Waals surface area contributed by atoms with Gasteiger partial charge in [-0.15, -0.1) is 0 Å². The first-order valence-electron chi connectivity index (χ1n) is 5.04. The zero-order chi connectivity index (χ0) is 13.0. The van der Waals surface area contributed by atoms with Crippen molar-refractivity contribution in [3.63, 3.8) is 0 Å². The standard InChI is InChI=1S/C11H13ClN2O3/c1-2-9(13)10(15)14-8-4-6(11(16)17)3-7(12)5-8/h3-5,9H,2,13H2,1H3,(H,14,15)(H,16,17)/t9-/m1/s1. The quantitative estimate of drug-likeness (QED) is 0.765. The highest BCUT2D eigenvalue weighted by atomic mass is 35.5. The maximum atomic E-state index is 11.5. The van der Waals surface area contributed by atoms with Gasteiger partial charge in [-0.2, -0.15) is 0 Å². The number of nitrogens with two attached hydrogens (primary N) is 1. The third-order valence-corrected chi connectivity index (χ3v) is 2.41. The van der Waals surface area contributed by atoms with Gasteiger partial charge in [-0.25, -0.2) is 4.79 Å². The molecule has 0 unspecified atom stereocenters. The maximum absolute atomic E-state index is 11.5. The number of hydrogen-bond donors (Lipinski definition) is 3. The fourth-order valence-electron chi connectivity index (χ4n) is 1.21. The van der Waals surface area contributed by atoms with Gasteiger partial charge in [-0.05, 0) is 24.6 Å². The average molecular weight is 257 g/mol. The number of halogens is 1. The summed E-state index contributed by atoms with van der Waals surface area (Å²) in [7, 11) is 0. The summed E-state index contributed by atoms with van der Waals surface area (Å²) in [5.74, 6) is -1.48. The van der Waals surface area contributed by atoms with E-state index in [1.807, 2.05) is 0 Å². The first kappa shape index (κ1) is 13.5. The van der Waals surface area contributed by atoms with E-state index in [1.54, 1.807) is 6.92 Å². The van der Waals surface area contributed by atoms with Crippen molar-refractivity contribution in [2.75, 3.05) is 5.32 Å². The van der Waals surface area contributed by atoms with Crippen molar-refractivity contribution in [1.29, 1.82) is 0 Å². The van der Waals surface area contributed by atoms with Gasteiger partial charge in [0.1, 0.15) is 0 Å². The number of nitrogens with one attached hydrogen (secondary N) is 1. The van der Waals surface area contributed by atoms with Gasteiger partial charge in [0.2, 0.25) is 5.91 Å². The molecule has 0 aromatic heterocycles. The van der Waals surface area contributed by atoms with Gasteiger partial charge >= 0.3 is 5.97 Å². The lowest BCUT2D eigenvalue weighted by molar-refractivity contribution is -0.117. The molecule has 1 rings (SSSR count). The number of carbonyl (C=O) groups excluding carboxylic acids is 1. The monoisotopic (exact) mass is 256 g/mol. The van der Waals surface area contributed by atoms with E-state index in [-0.39, 0.29) is 16.5 Å². The van der Waals surface area contributed by atoms with Gasteiger partial charge in [0.15, 0.2) is 0 Å². The molecule has 0 aliphatic rings. The Hall–Kier alpha value is -1.59. The van der Waals surface area contributed by atoms with Crippen LogP contribution < -0.4 is 11.1 Å². The highest BCUT2D eigenvalue weighted by molar-refractivity contribution is 6.31. The van der Waals surface area contributed by atoms with Crippen LogP contribution in [0, 0.1) is 0 Å². The van der Waals surface area contributed by atoms with E-state index in [4.69, 9.17) is 22.4 Å². The van der Waals surface area contributed by atoms with Gasteiger partial charge in [0.05, 0.1) is 11.6 Å². The van der Waals surface area contributed by atoms with E-state index in [1.165, 1.54) is 18.2 Å². The van der Waals surface area contributed by atoms with Crippen LogP contribution in [0.2, 0.25) is 5.02 Å². The number of aromatic carboxylic acids is 1. The number of carboxylic acids is 1. The molecule has 0 aliphatic heterocycles. The van der Waals surface area contributed by atoms with E-state index in [0.29, 0.717) is 12.1 Å². The van der Waals surface area contributed by atoms with Gasteiger partial charge in [0, 0.05) is 10.7 Å².